The van der Waals surface area contributed by atoms with Crippen molar-refractivity contribution in [3.63, 3.8) is 0 Å². The molecule has 0 bridgehead atoms. The van der Waals surface area contributed by atoms with Crippen LogP contribution in [-0.4, -0.2) is 44.3 Å². The van der Waals surface area contributed by atoms with Crippen molar-refractivity contribution in [1.82, 2.24) is 10.0 Å². The third-order valence-corrected chi connectivity index (χ3v) is 4.01. The number of nitro groups is 2. The lowest BCUT2D eigenvalue weighted by Crippen LogP contribution is -2.56. The fourth-order valence-corrected chi connectivity index (χ4v) is 2.80. The maximum Gasteiger partial charge on any atom is 0.277 e. The maximum absolute atomic E-state index is 13.2. The number of hydrogen-bond acceptors (Lipinski definition) is 6. The largest absolute Gasteiger partial charge is 0.277 e. The van der Waals surface area contributed by atoms with Crippen molar-refractivity contribution in [2.75, 3.05) is 7.05 Å². The molecule has 0 saturated heterocycles. The third kappa shape index (κ3) is 4.72. The summed E-state index contributed by atoms with van der Waals surface area (Å²) in [7, 11) is 1.39. The van der Waals surface area contributed by atoms with Crippen molar-refractivity contribution in [1.29, 1.82) is 0 Å². The van der Waals surface area contributed by atoms with Crippen molar-refractivity contribution in [3.05, 3.63) is 79.9 Å². The molecule has 0 spiro atoms. The molecule has 0 aliphatic carbocycles. The average Bonchev–Trinajstić information content (AvgIpc) is 2.66. The Balaban J connectivity index is 2.54. The van der Waals surface area contributed by atoms with Gasteiger partial charge in [0.25, 0.3) is 23.2 Å². The highest BCUT2D eigenvalue weighted by molar-refractivity contribution is 6.00. The van der Waals surface area contributed by atoms with Gasteiger partial charge in [-0.15, -0.1) is 0 Å². The third-order valence-electron chi connectivity index (χ3n) is 4.01. The van der Waals surface area contributed by atoms with Gasteiger partial charge in [-0.1, -0.05) is 18.2 Å². The summed E-state index contributed by atoms with van der Waals surface area (Å²) >= 11 is 0. The first-order valence-corrected chi connectivity index (χ1v) is 8.55. The van der Waals surface area contributed by atoms with Crippen LogP contribution in [0.4, 0.5) is 11.4 Å². The molecular formula is C19H20N4O6. The van der Waals surface area contributed by atoms with Gasteiger partial charge >= 0.3 is 0 Å². The van der Waals surface area contributed by atoms with Gasteiger partial charge in [0.05, 0.1) is 27.0 Å². The lowest BCUT2D eigenvalue weighted by molar-refractivity contribution is -0.394. The predicted octanol–water partition coefficient (Wildman–Crippen LogP) is 3.43. The molecule has 2 rings (SSSR count). The fraction of sp³-hybridized carbons (Fsp3) is 0.263. The lowest BCUT2D eigenvalue weighted by Gasteiger charge is -2.41. The summed E-state index contributed by atoms with van der Waals surface area (Å²) in [5.74, 6) is -1.26. The van der Waals surface area contributed by atoms with Gasteiger partial charge in [-0.05, 0) is 32.9 Å². The number of rotatable bonds is 4. The Kier molecular flexibility index (Phi) is 5.96. The number of benzene rings is 2. The highest BCUT2D eigenvalue weighted by Gasteiger charge is 2.35. The molecule has 2 amide bonds. The van der Waals surface area contributed by atoms with Crippen LogP contribution in [0.3, 0.4) is 0 Å². The van der Waals surface area contributed by atoms with E-state index in [4.69, 9.17) is 0 Å². The minimum absolute atomic E-state index is 0.270. The van der Waals surface area contributed by atoms with Gasteiger partial charge in [0, 0.05) is 24.7 Å². The van der Waals surface area contributed by atoms with E-state index in [9.17, 15) is 29.8 Å². The Labute approximate surface area is 166 Å². The molecular weight excluding hydrogens is 380 g/mol. The molecule has 0 unspecified atom stereocenters. The van der Waals surface area contributed by atoms with Crippen LogP contribution in [0.2, 0.25) is 0 Å². The highest BCUT2D eigenvalue weighted by Crippen LogP contribution is 2.27. The minimum Gasteiger partial charge on any atom is -0.267 e. The molecule has 0 aliphatic rings. The summed E-state index contributed by atoms with van der Waals surface area (Å²) in [6.07, 6.45) is 0. The first kappa shape index (κ1) is 21.5. The number of nitrogens with zero attached hydrogens (tertiary/aromatic N) is 4. The fourth-order valence-electron chi connectivity index (χ4n) is 2.80. The van der Waals surface area contributed by atoms with Crippen molar-refractivity contribution < 1.29 is 19.4 Å². The Morgan fingerprint density at radius 2 is 1.31 bits per heavy atom. The molecule has 0 radical (unpaired) electrons. The standard InChI is InChI=1S/C19H20N4O6/c1-19(2,3)21(20(4)17(24)13-8-6-5-7-9-13)18(25)14-10-15(22(26)27)12-16(11-14)23(28)29/h5-12H,1-4H3. The molecule has 0 fully saturated rings. The molecule has 0 aliphatic heterocycles. The number of non-ortho nitro benzene ring substituents is 2. The van der Waals surface area contributed by atoms with Gasteiger partial charge < -0.3 is 0 Å². The zero-order valence-electron chi connectivity index (χ0n) is 16.4. The van der Waals surface area contributed by atoms with Crippen LogP contribution >= 0.6 is 0 Å². The second-order valence-electron chi connectivity index (χ2n) is 7.23. The van der Waals surface area contributed by atoms with E-state index in [-0.39, 0.29) is 5.56 Å². The normalized spacial score (nSPS) is 10.9. The summed E-state index contributed by atoms with van der Waals surface area (Å²) in [6.45, 7) is 5.02. The molecule has 10 nitrogen and oxygen atoms in total. The van der Waals surface area contributed by atoms with Crippen LogP contribution in [-0.2, 0) is 0 Å². The summed E-state index contributed by atoms with van der Waals surface area (Å²) in [5, 5.41) is 24.5. The van der Waals surface area contributed by atoms with E-state index < -0.39 is 38.6 Å². The molecule has 10 heteroatoms. The number of carbonyl (C=O) groups excluding carboxylic acids is 2. The van der Waals surface area contributed by atoms with Crippen LogP contribution in [0, 0.1) is 20.2 Å². The van der Waals surface area contributed by atoms with Crippen LogP contribution in [0.1, 0.15) is 41.5 Å². The van der Waals surface area contributed by atoms with Crippen molar-refractivity contribution in [2.45, 2.75) is 26.3 Å². The van der Waals surface area contributed by atoms with Crippen LogP contribution < -0.4 is 0 Å². The first-order valence-electron chi connectivity index (χ1n) is 8.55. The van der Waals surface area contributed by atoms with E-state index in [1.807, 2.05) is 0 Å². The van der Waals surface area contributed by atoms with Crippen LogP contribution in [0.15, 0.2) is 48.5 Å². The zero-order valence-corrected chi connectivity index (χ0v) is 16.4. The van der Waals surface area contributed by atoms with Gasteiger partial charge in [0.15, 0.2) is 0 Å². The SMILES string of the molecule is CN(C(=O)c1ccccc1)N(C(=O)c1cc([N+](=O)[O-])cc([N+](=O)[O-])c1)C(C)(C)C. The topological polar surface area (TPSA) is 127 Å². The van der Waals surface area contributed by atoms with Crippen LogP contribution in [0.5, 0.6) is 0 Å². The smallest absolute Gasteiger partial charge is 0.267 e. The van der Waals surface area contributed by atoms with Gasteiger partial charge in [-0.2, -0.15) is 0 Å². The van der Waals surface area contributed by atoms with Gasteiger partial charge in [-0.3, -0.25) is 29.8 Å². The quantitative estimate of drug-likeness (QED) is 0.571. The van der Waals surface area contributed by atoms with E-state index in [1.54, 1.807) is 51.1 Å². The maximum atomic E-state index is 13.2. The number of hydrogen-bond donors (Lipinski definition) is 0. The molecule has 2 aromatic carbocycles. The Hall–Kier alpha value is -3.82. The first-order chi connectivity index (χ1) is 13.4. The molecule has 0 saturated carbocycles. The second-order valence-corrected chi connectivity index (χ2v) is 7.23. The van der Waals surface area contributed by atoms with E-state index in [1.165, 1.54) is 7.05 Å². The summed E-state index contributed by atoms with van der Waals surface area (Å²) < 4.78 is 0. The molecule has 2 aromatic rings. The summed E-state index contributed by atoms with van der Waals surface area (Å²) in [5.41, 5.74) is -2.02. The molecule has 29 heavy (non-hydrogen) atoms. The van der Waals surface area contributed by atoms with E-state index >= 15 is 0 Å². The lowest BCUT2D eigenvalue weighted by atomic mass is 10.0. The van der Waals surface area contributed by atoms with Gasteiger partial charge in [-0.25, -0.2) is 10.0 Å². The molecule has 152 valence electrons. The minimum atomic E-state index is -0.907. The van der Waals surface area contributed by atoms with Crippen molar-refractivity contribution in [3.8, 4) is 0 Å². The second kappa shape index (κ2) is 8.05. The summed E-state index contributed by atoms with van der Waals surface area (Å²) in [6, 6.07) is 10.9. The Bertz CT molecular complexity index is 936. The Morgan fingerprint density at radius 3 is 1.72 bits per heavy atom. The van der Waals surface area contributed by atoms with E-state index in [2.05, 4.69) is 0 Å². The highest BCUT2D eigenvalue weighted by atomic mass is 16.6. The number of carbonyl (C=O) groups is 2. The van der Waals surface area contributed by atoms with Gasteiger partial charge in [0.2, 0.25) is 0 Å². The van der Waals surface area contributed by atoms with E-state index in [0.29, 0.717) is 5.56 Å². The zero-order chi connectivity index (χ0) is 21.9. The summed E-state index contributed by atoms with van der Waals surface area (Å²) in [4.78, 5) is 46.7. The van der Waals surface area contributed by atoms with Gasteiger partial charge in [0.1, 0.15) is 0 Å². The number of nitro benzene ring substituents is 2. The molecule has 0 heterocycles. The Morgan fingerprint density at radius 1 is 0.828 bits per heavy atom. The average molecular weight is 400 g/mol. The van der Waals surface area contributed by atoms with Crippen molar-refractivity contribution in [2.24, 2.45) is 0 Å². The number of hydrazine groups is 1. The predicted molar refractivity (Wildman–Crippen MR) is 104 cm³/mol. The molecule has 0 aromatic heterocycles. The van der Waals surface area contributed by atoms with Crippen molar-refractivity contribution >= 4 is 23.2 Å². The molecule has 0 atom stereocenters. The monoisotopic (exact) mass is 400 g/mol. The van der Waals surface area contributed by atoms with E-state index in [0.717, 1.165) is 28.2 Å². The number of amides is 2. The van der Waals surface area contributed by atoms with Crippen LogP contribution in [0.25, 0.3) is 0 Å². The molecule has 0 N–H and O–H groups in total.